The van der Waals surface area contributed by atoms with Gasteiger partial charge in [-0.1, -0.05) is 50.3 Å². The first-order valence-electron chi connectivity index (χ1n) is 10.3. The molecule has 2 fully saturated rings. The van der Waals surface area contributed by atoms with Gasteiger partial charge in [0.15, 0.2) is 0 Å². The topological polar surface area (TPSA) is 44.8 Å². The molecule has 1 atom stereocenters. The second-order valence-electron chi connectivity index (χ2n) is 8.57. The van der Waals surface area contributed by atoms with Gasteiger partial charge < -0.3 is 19.9 Å². The zero-order valence-electron chi connectivity index (χ0n) is 17.0. The van der Waals surface area contributed by atoms with E-state index in [2.05, 4.69) is 83.6 Å². The lowest BCUT2D eigenvalue weighted by Crippen LogP contribution is -2.58. The van der Waals surface area contributed by atoms with Gasteiger partial charge in [0.2, 0.25) is 5.91 Å². The first-order chi connectivity index (χ1) is 14.0. The Morgan fingerprint density at radius 2 is 1.76 bits per heavy atom. The van der Waals surface area contributed by atoms with Crippen molar-refractivity contribution >= 4 is 23.4 Å². The van der Waals surface area contributed by atoms with Crippen molar-refractivity contribution < 1.29 is 9.53 Å². The fourth-order valence-corrected chi connectivity index (χ4v) is 4.97. The second-order valence-corrected chi connectivity index (χ2v) is 8.57. The van der Waals surface area contributed by atoms with Gasteiger partial charge in [-0.05, 0) is 35.4 Å². The fourth-order valence-electron chi connectivity index (χ4n) is 4.97. The van der Waals surface area contributed by atoms with Gasteiger partial charge in [0, 0.05) is 29.9 Å². The number of fused-ring (bicyclic) bond motifs is 3. The highest BCUT2D eigenvalue weighted by Crippen LogP contribution is 2.52. The first-order valence-corrected chi connectivity index (χ1v) is 10.3. The average Bonchev–Trinajstić information content (AvgIpc) is 3.18. The highest BCUT2D eigenvalue weighted by Gasteiger charge is 2.59. The number of carbonyl (C=O) groups is 1. The molecule has 5 heteroatoms. The van der Waals surface area contributed by atoms with E-state index in [4.69, 9.17) is 4.74 Å². The van der Waals surface area contributed by atoms with Crippen LogP contribution in [0, 0.1) is 0 Å². The number of rotatable bonds is 3. The van der Waals surface area contributed by atoms with E-state index in [-0.39, 0.29) is 11.3 Å². The maximum absolute atomic E-state index is 12.4. The molecule has 29 heavy (non-hydrogen) atoms. The van der Waals surface area contributed by atoms with E-state index in [0.29, 0.717) is 6.54 Å². The van der Waals surface area contributed by atoms with Crippen LogP contribution in [-0.2, 0) is 14.9 Å². The van der Waals surface area contributed by atoms with E-state index in [9.17, 15) is 4.79 Å². The number of nitrogens with one attached hydrogen (secondary N) is 1. The Bertz CT molecular complexity index is 960. The van der Waals surface area contributed by atoms with Gasteiger partial charge in [0.1, 0.15) is 5.66 Å². The number of carbonyl (C=O) groups excluding carboxylic acids is 1. The van der Waals surface area contributed by atoms with Crippen LogP contribution in [0.25, 0.3) is 6.08 Å². The smallest absolute Gasteiger partial charge is 0.241 e. The summed E-state index contributed by atoms with van der Waals surface area (Å²) in [6.07, 6.45) is 4.30. The number of hydrogen-bond acceptors (Lipinski definition) is 4. The second kappa shape index (κ2) is 6.63. The molecule has 0 unspecified atom stereocenters. The highest BCUT2D eigenvalue weighted by molar-refractivity contribution is 5.91. The largest absolute Gasteiger partial charge is 0.378 e. The van der Waals surface area contributed by atoms with E-state index in [1.165, 1.54) is 11.3 Å². The minimum Gasteiger partial charge on any atom is -0.378 e. The van der Waals surface area contributed by atoms with Crippen molar-refractivity contribution in [1.82, 2.24) is 5.32 Å². The van der Waals surface area contributed by atoms with Crippen molar-refractivity contribution in [2.45, 2.75) is 24.9 Å². The van der Waals surface area contributed by atoms with Crippen LogP contribution >= 0.6 is 0 Å². The van der Waals surface area contributed by atoms with Crippen LogP contribution < -0.4 is 15.1 Å². The number of benzene rings is 2. The summed E-state index contributed by atoms with van der Waals surface area (Å²) in [5.74, 6) is 0.0693. The standard InChI is InChI=1S/C24H27N3O2/c1-23(2)20-5-3-4-6-21(20)27-17-22(28)25-24(23,27)12-11-18-7-9-19(10-8-18)26-13-15-29-16-14-26/h3-12H,13-17H2,1-2H3,(H,25,28)/b12-11+/t24-/m1/s1. The Balaban J connectivity index is 1.45. The van der Waals surface area contributed by atoms with Gasteiger partial charge >= 0.3 is 0 Å². The number of hydrogen-bond donors (Lipinski definition) is 1. The summed E-state index contributed by atoms with van der Waals surface area (Å²) in [7, 11) is 0. The van der Waals surface area contributed by atoms with E-state index < -0.39 is 5.66 Å². The number of nitrogens with zero attached hydrogens (tertiary/aromatic N) is 2. The third-order valence-corrected chi connectivity index (χ3v) is 6.66. The summed E-state index contributed by atoms with van der Waals surface area (Å²) in [4.78, 5) is 17.0. The minimum absolute atomic E-state index is 0.0693. The van der Waals surface area contributed by atoms with Crippen molar-refractivity contribution in [3.8, 4) is 0 Å². The molecule has 0 radical (unpaired) electrons. The molecule has 2 aromatic rings. The number of morpholine rings is 1. The minimum atomic E-state index is -0.545. The summed E-state index contributed by atoms with van der Waals surface area (Å²) >= 11 is 0. The molecule has 3 aliphatic rings. The van der Waals surface area contributed by atoms with Crippen molar-refractivity contribution in [2.24, 2.45) is 0 Å². The molecule has 1 amide bonds. The Morgan fingerprint density at radius 3 is 2.52 bits per heavy atom. The van der Waals surface area contributed by atoms with E-state index >= 15 is 0 Å². The predicted octanol–water partition coefficient (Wildman–Crippen LogP) is 3.16. The zero-order valence-corrected chi connectivity index (χ0v) is 17.0. The summed E-state index contributed by atoms with van der Waals surface area (Å²) in [5, 5.41) is 3.28. The Labute approximate surface area is 172 Å². The molecule has 5 nitrogen and oxygen atoms in total. The molecule has 0 bridgehead atoms. The van der Waals surface area contributed by atoms with E-state index in [1.54, 1.807) is 0 Å². The summed E-state index contributed by atoms with van der Waals surface area (Å²) in [5.41, 5.74) is 3.99. The van der Waals surface area contributed by atoms with Gasteiger partial charge in [-0.25, -0.2) is 0 Å². The van der Waals surface area contributed by atoms with Crippen LogP contribution in [0.2, 0.25) is 0 Å². The van der Waals surface area contributed by atoms with Crippen LogP contribution in [0.1, 0.15) is 25.0 Å². The zero-order chi connectivity index (χ0) is 20.1. The lowest BCUT2D eigenvalue weighted by molar-refractivity contribution is -0.118. The van der Waals surface area contributed by atoms with Gasteiger partial charge in [-0.2, -0.15) is 0 Å². The lowest BCUT2D eigenvalue weighted by atomic mass is 9.75. The maximum Gasteiger partial charge on any atom is 0.241 e. The monoisotopic (exact) mass is 389 g/mol. The molecule has 150 valence electrons. The van der Waals surface area contributed by atoms with E-state index in [1.807, 2.05) is 6.07 Å². The third kappa shape index (κ3) is 2.76. The van der Waals surface area contributed by atoms with Gasteiger partial charge in [-0.15, -0.1) is 0 Å². The Kier molecular flexibility index (Phi) is 4.17. The summed E-state index contributed by atoms with van der Waals surface area (Å²) < 4.78 is 5.44. The van der Waals surface area contributed by atoms with Gasteiger partial charge in [-0.3, -0.25) is 4.79 Å². The predicted molar refractivity (Wildman–Crippen MR) is 116 cm³/mol. The summed E-state index contributed by atoms with van der Waals surface area (Å²) in [6, 6.07) is 17.0. The normalized spacial score (nSPS) is 25.2. The van der Waals surface area contributed by atoms with Crippen molar-refractivity contribution in [1.29, 1.82) is 0 Å². The van der Waals surface area contributed by atoms with Crippen LogP contribution in [0.3, 0.4) is 0 Å². The highest BCUT2D eigenvalue weighted by atomic mass is 16.5. The average molecular weight is 389 g/mol. The number of amides is 1. The Hall–Kier alpha value is -2.79. The lowest BCUT2D eigenvalue weighted by Gasteiger charge is -2.40. The number of ether oxygens (including phenoxy) is 1. The molecule has 0 spiro atoms. The van der Waals surface area contributed by atoms with Crippen LogP contribution in [0.15, 0.2) is 54.6 Å². The van der Waals surface area contributed by atoms with Crippen molar-refractivity contribution in [3.63, 3.8) is 0 Å². The Morgan fingerprint density at radius 1 is 1.03 bits per heavy atom. The molecule has 2 aromatic carbocycles. The fraction of sp³-hybridized carbons (Fsp3) is 0.375. The molecule has 2 saturated heterocycles. The molecule has 0 saturated carbocycles. The molecule has 1 N–H and O–H groups in total. The van der Waals surface area contributed by atoms with Crippen LogP contribution in [0.4, 0.5) is 11.4 Å². The van der Waals surface area contributed by atoms with Crippen LogP contribution in [-0.4, -0.2) is 44.4 Å². The number of para-hydroxylation sites is 1. The van der Waals surface area contributed by atoms with Gasteiger partial charge in [0.25, 0.3) is 0 Å². The molecule has 0 aliphatic carbocycles. The van der Waals surface area contributed by atoms with Gasteiger partial charge in [0.05, 0.1) is 19.8 Å². The van der Waals surface area contributed by atoms with Crippen LogP contribution in [0.5, 0.6) is 0 Å². The maximum atomic E-state index is 12.4. The van der Waals surface area contributed by atoms with E-state index in [0.717, 1.165) is 37.6 Å². The summed E-state index contributed by atoms with van der Waals surface area (Å²) in [6.45, 7) is 8.26. The molecular weight excluding hydrogens is 362 g/mol. The first kappa shape index (κ1) is 18.3. The molecule has 0 aromatic heterocycles. The molecular formula is C24H27N3O2. The van der Waals surface area contributed by atoms with Crippen molar-refractivity contribution in [3.05, 3.63) is 65.7 Å². The molecule has 3 aliphatic heterocycles. The van der Waals surface area contributed by atoms with Crippen molar-refractivity contribution in [2.75, 3.05) is 42.6 Å². The quantitative estimate of drug-likeness (QED) is 0.876. The SMILES string of the molecule is CC1(C)c2ccccc2N2CC(=O)N[C@]21/C=C/c1ccc(N2CCOCC2)cc1. The molecule has 3 heterocycles. The number of anilines is 2. The third-order valence-electron chi connectivity index (χ3n) is 6.66. The molecule has 5 rings (SSSR count).